The van der Waals surface area contributed by atoms with Gasteiger partial charge in [0.1, 0.15) is 0 Å². The third kappa shape index (κ3) is 3.14. The fourth-order valence-corrected chi connectivity index (χ4v) is 1.46. The number of hydrogen-bond acceptors (Lipinski definition) is 2. The van der Waals surface area contributed by atoms with Crippen LogP contribution in [0.3, 0.4) is 0 Å². The van der Waals surface area contributed by atoms with Crippen LogP contribution in [0.5, 0.6) is 0 Å². The van der Waals surface area contributed by atoms with Gasteiger partial charge in [0.05, 0.1) is 5.69 Å². The van der Waals surface area contributed by atoms with E-state index >= 15 is 0 Å². The van der Waals surface area contributed by atoms with Crippen molar-refractivity contribution in [3.63, 3.8) is 0 Å². The van der Waals surface area contributed by atoms with Crippen molar-refractivity contribution in [3.8, 4) is 0 Å². The van der Waals surface area contributed by atoms with Crippen LogP contribution in [0.2, 0.25) is 0 Å². The Kier molecular flexibility index (Phi) is 3.50. The van der Waals surface area contributed by atoms with Crippen molar-refractivity contribution < 1.29 is 4.39 Å². The van der Waals surface area contributed by atoms with E-state index < -0.39 is 5.95 Å². The van der Waals surface area contributed by atoms with Crippen LogP contribution in [0.4, 0.5) is 10.1 Å². The number of nitrogens with zero attached hydrogens (tertiary/aromatic N) is 1. The van der Waals surface area contributed by atoms with Crippen molar-refractivity contribution in [1.29, 1.82) is 0 Å². The predicted molar refractivity (Wildman–Crippen MR) is 69.1 cm³/mol. The van der Waals surface area contributed by atoms with Gasteiger partial charge in [-0.05, 0) is 35.9 Å². The molecule has 0 fully saturated rings. The third-order valence-electron chi connectivity index (χ3n) is 2.38. The summed E-state index contributed by atoms with van der Waals surface area (Å²) in [6.45, 7) is 0. The molecule has 2 aromatic rings. The molecule has 0 radical (unpaired) electrons. The Bertz CT molecular complexity index is 518. The normalized spacial score (nSPS) is 10.7. The van der Waals surface area contributed by atoms with E-state index in [-0.39, 0.29) is 0 Å². The molecule has 0 amide bonds. The Hall–Kier alpha value is -2.16. The van der Waals surface area contributed by atoms with E-state index in [9.17, 15) is 4.39 Å². The molecule has 2 rings (SSSR count). The van der Waals surface area contributed by atoms with Gasteiger partial charge in [0.25, 0.3) is 0 Å². The lowest BCUT2D eigenvalue weighted by molar-refractivity contribution is 0.583. The van der Waals surface area contributed by atoms with E-state index in [0.29, 0.717) is 5.69 Å². The summed E-state index contributed by atoms with van der Waals surface area (Å²) in [4.78, 5) is 3.76. The van der Waals surface area contributed by atoms with Crippen molar-refractivity contribution in [1.82, 2.24) is 4.98 Å². The van der Waals surface area contributed by atoms with Crippen LogP contribution in [-0.4, -0.2) is 12.0 Å². The molecule has 0 saturated heterocycles. The summed E-state index contributed by atoms with van der Waals surface area (Å²) in [6.07, 6.45) is 3.69. The van der Waals surface area contributed by atoms with Crippen LogP contribution in [0, 0.1) is 5.95 Å². The molecule has 0 bridgehead atoms. The molecule has 17 heavy (non-hydrogen) atoms. The van der Waals surface area contributed by atoms with Crippen molar-refractivity contribution in [2.45, 2.75) is 0 Å². The van der Waals surface area contributed by atoms with Crippen LogP contribution in [0.1, 0.15) is 11.3 Å². The van der Waals surface area contributed by atoms with Gasteiger partial charge >= 0.3 is 0 Å². The first kappa shape index (κ1) is 11.3. The number of hydrogen-bond donors (Lipinski definition) is 1. The average molecular weight is 227 g/mol. The standard InChI is InChI=1S/C14H13FN2/c1-16-12-8-5-11(6-9-12)7-10-13-3-2-4-14(15)17-13/h2-10,16H,1H3/b10-7+/i15-1. The summed E-state index contributed by atoms with van der Waals surface area (Å²) in [5.74, 6) is -0.460. The molecule has 0 atom stereocenters. The van der Waals surface area contributed by atoms with Gasteiger partial charge in [-0.25, -0.2) is 4.98 Å². The quantitative estimate of drug-likeness (QED) is 0.812. The fourth-order valence-electron chi connectivity index (χ4n) is 1.46. The Morgan fingerprint density at radius 2 is 1.82 bits per heavy atom. The van der Waals surface area contributed by atoms with Crippen LogP contribution in [-0.2, 0) is 0 Å². The van der Waals surface area contributed by atoms with Gasteiger partial charge in [0.15, 0.2) is 0 Å². The monoisotopic (exact) mass is 227 g/mol. The lowest BCUT2D eigenvalue weighted by Gasteiger charge is -1.99. The molecule has 3 heteroatoms. The van der Waals surface area contributed by atoms with Gasteiger partial charge in [-0.2, -0.15) is 4.39 Å². The third-order valence-corrected chi connectivity index (χ3v) is 2.38. The summed E-state index contributed by atoms with van der Waals surface area (Å²) < 4.78 is 12.8. The van der Waals surface area contributed by atoms with Crippen LogP contribution in [0.15, 0.2) is 42.5 Å². The predicted octanol–water partition coefficient (Wildman–Crippen LogP) is 3.43. The van der Waals surface area contributed by atoms with Gasteiger partial charge in [0, 0.05) is 12.7 Å². The van der Waals surface area contributed by atoms with E-state index in [1.165, 1.54) is 6.07 Å². The molecule has 0 unspecified atom stereocenters. The lowest BCUT2D eigenvalue weighted by Crippen LogP contribution is -1.86. The van der Waals surface area contributed by atoms with Gasteiger partial charge < -0.3 is 5.32 Å². The first-order valence-corrected chi connectivity index (χ1v) is 5.36. The van der Waals surface area contributed by atoms with E-state index in [2.05, 4.69) is 10.3 Å². The van der Waals surface area contributed by atoms with Crippen LogP contribution < -0.4 is 5.32 Å². The van der Waals surface area contributed by atoms with Crippen LogP contribution >= 0.6 is 0 Å². The molecule has 0 aliphatic rings. The highest BCUT2D eigenvalue weighted by molar-refractivity contribution is 5.68. The molecule has 1 N–H and O–H groups in total. The van der Waals surface area contributed by atoms with Gasteiger partial charge in [-0.15, -0.1) is 0 Å². The summed E-state index contributed by atoms with van der Waals surface area (Å²) >= 11 is 0. The van der Waals surface area contributed by atoms with Crippen LogP contribution in [0.25, 0.3) is 12.2 Å². The summed E-state index contributed by atoms with van der Waals surface area (Å²) in [5.41, 5.74) is 2.73. The second-order valence-corrected chi connectivity index (χ2v) is 3.59. The Balaban J connectivity index is 2.14. The summed E-state index contributed by atoms with van der Waals surface area (Å²) in [5, 5.41) is 3.05. The SMILES string of the molecule is CNc1ccc(/C=C/c2cccc([18F])n2)cc1. The number of halogens is 1. The molecular formula is C14H13FN2. The number of rotatable bonds is 3. The number of anilines is 1. The zero-order valence-electron chi connectivity index (χ0n) is 9.52. The maximum atomic E-state index is 12.8. The Labute approximate surface area is 99.8 Å². The zero-order chi connectivity index (χ0) is 12.1. The van der Waals surface area contributed by atoms with E-state index in [0.717, 1.165) is 11.3 Å². The van der Waals surface area contributed by atoms with E-state index in [4.69, 9.17) is 0 Å². The largest absolute Gasteiger partial charge is 0.388 e. The van der Waals surface area contributed by atoms with Gasteiger partial charge in [0.2, 0.25) is 5.95 Å². The minimum atomic E-state index is -0.460. The molecule has 1 aromatic carbocycles. The number of aromatic nitrogens is 1. The van der Waals surface area contributed by atoms with E-state index in [1.807, 2.05) is 37.4 Å². The molecular weight excluding hydrogens is 214 g/mol. The Morgan fingerprint density at radius 3 is 2.47 bits per heavy atom. The first-order chi connectivity index (χ1) is 8.28. The topological polar surface area (TPSA) is 24.9 Å². The molecule has 0 spiro atoms. The molecule has 86 valence electrons. The maximum Gasteiger partial charge on any atom is 0.213 e. The van der Waals surface area contributed by atoms with Crippen molar-refractivity contribution >= 4 is 17.8 Å². The van der Waals surface area contributed by atoms with Crippen molar-refractivity contribution in [2.75, 3.05) is 12.4 Å². The Morgan fingerprint density at radius 1 is 1.06 bits per heavy atom. The molecule has 1 heterocycles. The summed E-state index contributed by atoms with van der Waals surface area (Å²) in [6, 6.07) is 12.7. The molecule has 0 saturated carbocycles. The highest BCUT2D eigenvalue weighted by atomic mass is 18.2. The smallest absolute Gasteiger partial charge is 0.213 e. The second-order valence-electron chi connectivity index (χ2n) is 3.59. The minimum absolute atomic E-state index is 0.460. The van der Waals surface area contributed by atoms with E-state index in [1.54, 1.807) is 18.2 Å². The fraction of sp³-hybridized carbons (Fsp3) is 0.0714. The van der Waals surface area contributed by atoms with Crippen molar-refractivity contribution in [2.24, 2.45) is 0 Å². The number of benzene rings is 1. The number of nitrogens with one attached hydrogen (secondary N) is 1. The lowest BCUT2D eigenvalue weighted by atomic mass is 10.2. The number of pyridine rings is 1. The van der Waals surface area contributed by atoms with Gasteiger partial charge in [-0.3, -0.25) is 0 Å². The molecule has 2 nitrogen and oxygen atoms in total. The zero-order valence-corrected chi connectivity index (χ0v) is 9.52. The maximum absolute atomic E-state index is 12.8. The van der Waals surface area contributed by atoms with Gasteiger partial charge in [-0.1, -0.05) is 24.3 Å². The highest BCUT2D eigenvalue weighted by Crippen LogP contribution is 2.11. The highest BCUT2D eigenvalue weighted by Gasteiger charge is 1.92. The average Bonchev–Trinajstić information content (AvgIpc) is 2.37. The first-order valence-electron chi connectivity index (χ1n) is 5.36. The second kappa shape index (κ2) is 5.25. The molecule has 0 aliphatic heterocycles. The molecule has 1 aromatic heterocycles. The summed E-state index contributed by atoms with van der Waals surface area (Å²) in [7, 11) is 1.88. The van der Waals surface area contributed by atoms with Crippen molar-refractivity contribution in [3.05, 3.63) is 59.7 Å². The minimum Gasteiger partial charge on any atom is -0.388 e. The molecule has 0 aliphatic carbocycles.